The van der Waals surface area contributed by atoms with Crippen molar-refractivity contribution in [2.45, 2.75) is 0 Å². The molecule has 0 bridgehead atoms. The van der Waals surface area contributed by atoms with E-state index in [1.54, 1.807) is 0 Å². The Bertz CT molecular complexity index is 10600. The van der Waals surface area contributed by atoms with Crippen LogP contribution in [0.3, 0.4) is 0 Å². The smallest absolute Gasteiger partial charge is 0.235 e. The Hall–Kier alpha value is -19.6. The fraction of sp³-hybridized carbons (Fsp3) is 0. The van der Waals surface area contributed by atoms with E-state index in [0.717, 1.165) is 156 Å². The zero-order valence-corrected chi connectivity index (χ0v) is 77.7. The summed E-state index contributed by atoms with van der Waals surface area (Å²) in [5.74, 6) is 2.32. The summed E-state index contributed by atoms with van der Waals surface area (Å²) in [4.78, 5) is 31.6. The van der Waals surface area contributed by atoms with E-state index < -0.39 is 0 Å². The van der Waals surface area contributed by atoms with Crippen LogP contribution in [0, 0.1) is 0 Å². The second-order valence-electron chi connectivity index (χ2n) is 37.1. The summed E-state index contributed by atoms with van der Waals surface area (Å²) in [5, 5.41) is 25.4. The van der Waals surface area contributed by atoms with Gasteiger partial charge >= 0.3 is 0 Å². The number of nitrogens with zero attached hydrogens (tertiary/aromatic N) is 12. The molecule has 10 aromatic heterocycles. The Balaban J connectivity index is 0.000000103. The van der Waals surface area contributed by atoms with Crippen LogP contribution in [0.4, 0.5) is 0 Å². The van der Waals surface area contributed by atoms with Gasteiger partial charge in [0, 0.05) is 127 Å². The Kier molecular flexibility index (Phi) is 18.8. The molecule has 0 fully saturated rings. The highest BCUT2D eigenvalue weighted by Gasteiger charge is 2.29. The number of para-hydroxylation sites is 6. The van der Waals surface area contributed by atoms with E-state index in [0.29, 0.717) is 5.95 Å². The van der Waals surface area contributed by atoms with Crippen molar-refractivity contribution >= 4 is 196 Å². The molecule has 0 unspecified atom stereocenters. The largest absolute Gasteiger partial charge is 0.309 e. The SMILES string of the molecule is c1ccc(-c2cc(-c3ccccc3)nc(-n3c4ccccc4c4cc5c6c7ccccc7ccc6n(-c6ccccc6)c5cc43)n2)cc1.c1ccc(-c2nc(-n3c4ccccc4c4cc5c6c7ccccc7ccc6n(-c6ccccc6)c5cc43)cc3ncccc23)cc1.c1ccc(-c2nc3ccc4ccccc4c3nc2-n2c3ccccc3c3cc4c5c6ccccc6ccc5n(-c5ccccc5)c4cc32)cc1. The molecule has 0 atom stereocenters. The molecule has 0 amide bonds. The highest BCUT2D eigenvalue weighted by molar-refractivity contribution is 6.29. The zero-order valence-electron chi connectivity index (χ0n) is 77.7. The van der Waals surface area contributed by atoms with E-state index in [-0.39, 0.29) is 0 Å². The molecule has 31 rings (SSSR count). The Morgan fingerprint density at radius 2 is 0.500 bits per heavy atom. The van der Waals surface area contributed by atoms with Crippen molar-refractivity contribution in [2.75, 3.05) is 0 Å². The maximum atomic E-state index is 5.56. The van der Waals surface area contributed by atoms with Gasteiger partial charge in [0.1, 0.15) is 11.5 Å². The van der Waals surface area contributed by atoms with Gasteiger partial charge in [-0.05, 0) is 171 Å². The maximum absolute atomic E-state index is 5.56. The van der Waals surface area contributed by atoms with Crippen LogP contribution in [-0.2, 0) is 0 Å². The van der Waals surface area contributed by atoms with E-state index in [2.05, 4.69) is 495 Å². The van der Waals surface area contributed by atoms with Crippen molar-refractivity contribution < 1.29 is 0 Å². The molecule has 0 spiro atoms. The van der Waals surface area contributed by atoms with Crippen LogP contribution < -0.4 is 0 Å². The molecule has 0 aliphatic carbocycles. The van der Waals surface area contributed by atoms with Gasteiger partial charge in [0.25, 0.3) is 0 Å². The van der Waals surface area contributed by atoms with Gasteiger partial charge < -0.3 is 13.7 Å². The lowest BCUT2D eigenvalue weighted by Gasteiger charge is -2.15. The Morgan fingerprint density at radius 1 is 0.167 bits per heavy atom. The number of rotatable bonds is 10. The van der Waals surface area contributed by atoms with Gasteiger partial charge in [-0.15, -0.1) is 0 Å². The minimum atomic E-state index is 0.647. The van der Waals surface area contributed by atoms with Crippen LogP contribution in [0.15, 0.2) is 498 Å². The minimum Gasteiger partial charge on any atom is -0.309 e. The molecule has 12 nitrogen and oxygen atoms in total. The average molecular weight is 1840 g/mol. The van der Waals surface area contributed by atoms with Crippen LogP contribution in [0.1, 0.15) is 0 Å². The van der Waals surface area contributed by atoms with E-state index in [1.807, 2.05) is 30.5 Å². The lowest BCUT2D eigenvalue weighted by molar-refractivity contribution is 0.995. The summed E-state index contributed by atoms with van der Waals surface area (Å²) < 4.78 is 14.1. The first kappa shape index (κ1) is 81.6. The van der Waals surface area contributed by atoms with Crippen molar-refractivity contribution in [1.29, 1.82) is 0 Å². The van der Waals surface area contributed by atoms with E-state index in [1.165, 1.54) is 114 Å². The molecule has 10 heterocycles. The minimum absolute atomic E-state index is 0.647. The van der Waals surface area contributed by atoms with Crippen molar-refractivity contribution in [2.24, 2.45) is 0 Å². The highest BCUT2D eigenvalue weighted by Crippen LogP contribution is 2.49. The maximum Gasteiger partial charge on any atom is 0.235 e. The number of hydrogen-bond acceptors (Lipinski definition) is 6. The summed E-state index contributed by atoms with van der Waals surface area (Å²) in [6.07, 6.45) is 1.86. The van der Waals surface area contributed by atoms with Crippen molar-refractivity contribution in [3.63, 3.8) is 0 Å². The van der Waals surface area contributed by atoms with Crippen LogP contribution >= 0.6 is 0 Å². The van der Waals surface area contributed by atoms with Crippen LogP contribution in [0.25, 0.3) is 276 Å². The van der Waals surface area contributed by atoms with Crippen molar-refractivity contribution in [3.8, 4) is 79.7 Å². The van der Waals surface area contributed by atoms with E-state index in [4.69, 9.17) is 29.9 Å². The molecule has 0 aliphatic rings. The zero-order chi connectivity index (χ0) is 94.6. The topological polar surface area (TPSA) is 107 Å². The molecule has 31 aromatic rings. The van der Waals surface area contributed by atoms with E-state index in [9.17, 15) is 0 Å². The normalized spacial score (nSPS) is 11.9. The van der Waals surface area contributed by atoms with Gasteiger partial charge in [-0.25, -0.2) is 24.9 Å². The molecule has 0 radical (unpaired) electrons. The Labute approximate surface area is 824 Å². The molecule has 0 saturated carbocycles. The monoisotopic (exact) mass is 1830 g/mol. The number of hydrogen-bond donors (Lipinski definition) is 0. The summed E-state index contributed by atoms with van der Waals surface area (Å²) in [5.41, 5.74) is 27.4. The first-order chi connectivity index (χ1) is 71.5. The molecular weight excluding hydrogens is 1750 g/mol. The molecule has 0 saturated heterocycles. The molecule has 0 aliphatic heterocycles. The van der Waals surface area contributed by atoms with E-state index >= 15 is 0 Å². The third-order valence-corrected chi connectivity index (χ3v) is 29.1. The summed E-state index contributed by atoms with van der Waals surface area (Å²) >= 11 is 0. The van der Waals surface area contributed by atoms with Gasteiger partial charge in [0.05, 0.1) is 99.8 Å². The summed E-state index contributed by atoms with van der Waals surface area (Å²) in [6, 6.07) is 175. The fourth-order valence-electron chi connectivity index (χ4n) is 22.8. The second-order valence-corrected chi connectivity index (χ2v) is 37.1. The van der Waals surface area contributed by atoms with Crippen LogP contribution in [-0.4, -0.2) is 57.3 Å². The van der Waals surface area contributed by atoms with Gasteiger partial charge in [-0.3, -0.25) is 18.7 Å². The predicted octanol–water partition coefficient (Wildman–Crippen LogP) is 33.6. The number of fused-ring (bicyclic) bond motifs is 28. The molecule has 21 aromatic carbocycles. The second kappa shape index (κ2) is 33.1. The molecule has 670 valence electrons. The van der Waals surface area contributed by atoms with Crippen molar-refractivity contribution in [3.05, 3.63) is 498 Å². The lowest BCUT2D eigenvalue weighted by Crippen LogP contribution is -2.04. The van der Waals surface area contributed by atoms with Crippen molar-refractivity contribution in [1.82, 2.24) is 57.3 Å². The third kappa shape index (κ3) is 13.0. The predicted molar refractivity (Wildman–Crippen MR) is 599 cm³/mol. The van der Waals surface area contributed by atoms with Gasteiger partial charge in [-0.2, -0.15) is 0 Å². The average Bonchev–Trinajstić information content (AvgIpc) is 1.55. The molecule has 12 heteroatoms. The quantitative estimate of drug-likeness (QED) is 0.126. The molecule has 144 heavy (non-hydrogen) atoms. The summed E-state index contributed by atoms with van der Waals surface area (Å²) in [6.45, 7) is 0. The fourth-order valence-corrected chi connectivity index (χ4v) is 22.8. The first-order valence-corrected chi connectivity index (χ1v) is 48.9. The first-order valence-electron chi connectivity index (χ1n) is 48.9. The van der Waals surface area contributed by atoms with Gasteiger partial charge in [0.2, 0.25) is 5.95 Å². The standard InChI is InChI=1S/C46H28N4.C44H28N4.C42H26N4/c1-3-15-31(16-4-1)44-46(48-45-34-20-10-8-14-30(34)23-25-38(45)47-44)50-39-22-12-11-21-35(39)36-27-37-42(28-41(36)50)49(32-17-5-2-6-18-32)40-26-24-29-13-7-9-19-33(29)43(37)40;1-4-15-30(16-5-1)37-27-38(31-17-6-2-7-18-31)46-44(45-37)48-39-23-13-12-22-34(39)35-26-36-42(28-41(35)48)47(32-19-8-3-9-20-32)40-25-24-29-14-10-11-21-33(29)43(36)40;1-3-13-28(14-4-1)42-32-19-11-23-43-35(32)25-40(44-42)46-36-20-10-9-18-31(36)33-24-34-39(26-38(33)46)45(29-15-5-2-6-16-29)37-22-21-27-12-7-8-17-30(27)41(34)37/h1-28H;1-28H;1-26H. The Morgan fingerprint density at radius 3 is 0.944 bits per heavy atom. The summed E-state index contributed by atoms with van der Waals surface area (Å²) in [7, 11) is 0. The number of aromatic nitrogens is 12. The number of benzene rings is 21. The van der Waals surface area contributed by atoms with Gasteiger partial charge in [0.15, 0.2) is 5.82 Å². The van der Waals surface area contributed by atoms with Crippen LogP contribution in [0.2, 0.25) is 0 Å². The third-order valence-electron chi connectivity index (χ3n) is 29.1. The molecular formula is C132H82N12. The lowest BCUT2D eigenvalue weighted by atomic mass is 10.0. The number of pyridine rings is 2. The molecule has 0 N–H and O–H groups in total. The van der Waals surface area contributed by atoms with Gasteiger partial charge in [-0.1, -0.05) is 352 Å². The highest BCUT2D eigenvalue weighted by atomic mass is 15.2. The van der Waals surface area contributed by atoms with Crippen LogP contribution in [0.5, 0.6) is 0 Å².